The second-order valence-electron chi connectivity index (χ2n) is 7.69. The number of fused-ring (bicyclic) bond motifs is 1. The van der Waals surface area contributed by atoms with Crippen molar-refractivity contribution >= 4 is 35.6 Å². The fraction of sp³-hybridized carbons (Fsp3) is 0.240. The molecule has 3 heterocycles. The van der Waals surface area contributed by atoms with Crippen LogP contribution >= 0.6 is 24.0 Å². The summed E-state index contributed by atoms with van der Waals surface area (Å²) in [7, 11) is 1.64. The number of hydrogen-bond acceptors (Lipinski definition) is 4. The lowest BCUT2D eigenvalue weighted by Gasteiger charge is -2.22. The van der Waals surface area contributed by atoms with Crippen molar-refractivity contribution in [2.45, 2.75) is 19.9 Å². The quantitative estimate of drug-likeness (QED) is 0.353. The minimum absolute atomic E-state index is 0. The van der Waals surface area contributed by atoms with Gasteiger partial charge >= 0.3 is 0 Å². The van der Waals surface area contributed by atoms with Crippen LogP contribution in [0.1, 0.15) is 16.8 Å². The monoisotopic (exact) mass is 484 g/mol. The smallest absolute Gasteiger partial charge is 0.228 e. The minimum Gasteiger partial charge on any atom is -0.383 e. The van der Waals surface area contributed by atoms with Gasteiger partial charge in [-0.25, -0.2) is 4.98 Å². The van der Waals surface area contributed by atoms with Gasteiger partial charge in [-0.3, -0.25) is 9.78 Å². The maximum absolute atomic E-state index is 13.5. The number of methoxy groups -OCH3 is 1. The van der Waals surface area contributed by atoms with Gasteiger partial charge in [0.25, 0.3) is 0 Å². The van der Waals surface area contributed by atoms with E-state index in [0.717, 1.165) is 33.7 Å². The third kappa shape index (κ3) is 5.90. The Labute approximate surface area is 204 Å². The van der Waals surface area contributed by atoms with Gasteiger partial charge in [-0.15, -0.1) is 12.4 Å². The van der Waals surface area contributed by atoms with E-state index >= 15 is 0 Å². The van der Waals surface area contributed by atoms with Crippen molar-refractivity contribution in [3.05, 3.63) is 89.0 Å². The van der Waals surface area contributed by atoms with Crippen LogP contribution in [0.5, 0.6) is 0 Å². The number of carbonyl (C=O) groups excluding carboxylic acids is 1. The number of imidazole rings is 1. The summed E-state index contributed by atoms with van der Waals surface area (Å²) >= 11 is 6.09. The predicted octanol–water partition coefficient (Wildman–Crippen LogP) is 5.00. The van der Waals surface area contributed by atoms with Gasteiger partial charge in [-0.05, 0) is 48.4 Å². The third-order valence-corrected chi connectivity index (χ3v) is 5.58. The van der Waals surface area contributed by atoms with E-state index in [-0.39, 0.29) is 24.7 Å². The molecule has 4 rings (SSSR count). The number of halogens is 2. The Hall–Kier alpha value is -2.93. The molecule has 0 atom stereocenters. The van der Waals surface area contributed by atoms with E-state index < -0.39 is 0 Å². The van der Waals surface area contributed by atoms with Gasteiger partial charge in [0.05, 0.1) is 24.4 Å². The van der Waals surface area contributed by atoms with Crippen LogP contribution in [0.15, 0.2) is 67.1 Å². The molecule has 0 aliphatic carbocycles. The topological polar surface area (TPSA) is 59.7 Å². The standard InChI is InChI=1S/C25H25ClN4O2.ClH/c1-18-9-11-30-22(25(28-23(30)14-18)20-5-7-21(26)8-6-20)15-24(31)29(12-13-32-2)17-19-4-3-10-27-16-19;/h3-11,14,16H,12-13,15,17H2,1-2H3;1H. The highest BCUT2D eigenvalue weighted by atomic mass is 35.5. The second-order valence-corrected chi connectivity index (χ2v) is 8.13. The van der Waals surface area contributed by atoms with Gasteiger partial charge in [-0.1, -0.05) is 29.8 Å². The Morgan fingerprint density at radius 1 is 1.18 bits per heavy atom. The zero-order chi connectivity index (χ0) is 22.5. The molecule has 3 aromatic heterocycles. The molecule has 0 radical (unpaired) electrons. The molecule has 0 saturated carbocycles. The van der Waals surface area contributed by atoms with E-state index in [0.29, 0.717) is 24.7 Å². The number of aryl methyl sites for hydroxylation is 1. The highest BCUT2D eigenvalue weighted by molar-refractivity contribution is 6.30. The van der Waals surface area contributed by atoms with Crippen LogP contribution in [0.25, 0.3) is 16.9 Å². The fourth-order valence-corrected chi connectivity index (χ4v) is 3.79. The molecule has 0 aliphatic rings. The molecular formula is C25H26Cl2N4O2. The Balaban J connectivity index is 0.00000306. The largest absolute Gasteiger partial charge is 0.383 e. The average Bonchev–Trinajstić information content (AvgIpc) is 3.15. The van der Waals surface area contributed by atoms with Gasteiger partial charge in [0.1, 0.15) is 5.65 Å². The molecular weight excluding hydrogens is 459 g/mol. The summed E-state index contributed by atoms with van der Waals surface area (Å²) in [6.07, 6.45) is 5.69. The van der Waals surface area contributed by atoms with Crippen molar-refractivity contribution in [1.82, 2.24) is 19.3 Å². The highest BCUT2D eigenvalue weighted by Gasteiger charge is 2.21. The summed E-state index contributed by atoms with van der Waals surface area (Å²) < 4.78 is 7.24. The van der Waals surface area contributed by atoms with Crippen molar-refractivity contribution in [3.63, 3.8) is 0 Å². The number of carbonyl (C=O) groups is 1. The first-order valence-corrected chi connectivity index (χ1v) is 10.8. The fourth-order valence-electron chi connectivity index (χ4n) is 3.67. The van der Waals surface area contributed by atoms with Crippen LogP contribution in [0, 0.1) is 6.92 Å². The highest BCUT2D eigenvalue weighted by Crippen LogP contribution is 2.27. The van der Waals surface area contributed by atoms with Crippen LogP contribution in [0.4, 0.5) is 0 Å². The molecule has 0 bridgehead atoms. The molecule has 6 nitrogen and oxygen atoms in total. The van der Waals surface area contributed by atoms with Crippen molar-refractivity contribution in [2.75, 3.05) is 20.3 Å². The zero-order valence-electron chi connectivity index (χ0n) is 18.6. The number of pyridine rings is 2. The maximum Gasteiger partial charge on any atom is 0.228 e. The van der Waals surface area contributed by atoms with Crippen molar-refractivity contribution in [3.8, 4) is 11.3 Å². The molecule has 0 spiro atoms. The minimum atomic E-state index is 0. The lowest BCUT2D eigenvalue weighted by molar-refractivity contribution is -0.131. The molecule has 1 amide bonds. The maximum atomic E-state index is 13.5. The summed E-state index contributed by atoms with van der Waals surface area (Å²) in [5.74, 6) is 0.00323. The summed E-state index contributed by atoms with van der Waals surface area (Å²) in [4.78, 5) is 24.3. The van der Waals surface area contributed by atoms with E-state index in [1.165, 1.54) is 0 Å². The molecule has 0 fully saturated rings. The number of ether oxygens (including phenoxy) is 1. The predicted molar refractivity (Wildman–Crippen MR) is 133 cm³/mol. The van der Waals surface area contributed by atoms with Gasteiger partial charge in [0.2, 0.25) is 5.91 Å². The number of aromatic nitrogens is 3. The van der Waals surface area contributed by atoms with Crippen LogP contribution in [-0.4, -0.2) is 45.4 Å². The molecule has 0 N–H and O–H groups in total. The van der Waals surface area contributed by atoms with Crippen molar-refractivity contribution < 1.29 is 9.53 Å². The second kappa shape index (κ2) is 11.3. The molecule has 33 heavy (non-hydrogen) atoms. The molecule has 0 aliphatic heterocycles. The van der Waals surface area contributed by atoms with Crippen molar-refractivity contribution in [1.29, 1.82) is 0 Å². The Morgan fingerprint density at radius 2 is 1.97 bits per heavy atom. The van der Waals surface area contributed by atoms with Crippen LogP contribution in [0.2, 0.25) is 5.02 Å². The first-order chi connectivity index (χ1) is 15.5. The summed E-state index contributed by atoms with van der Waals surface area (Å²) in [5.41, 5.74) is 5.46. The van der Waals surface area contributed by atoms with Crippen LogP contribution in [0.3, 0.4) is 0 Å². The van der Waals surface area contributed by atoms with E-state index in [1.807, 2.05) is 66.1 Å². The zero-order valence-corrected chi connectivity index (χ0v) is 20.1. The number of hydrogen-bond donors (Lipinski definition) is 0. The SMILES string of the molecule is COCCN(Cc1cccnc1)C(=O)Cc1c(-c2ccc(Cl)cc2)nc2cc(C)ccn12.Cl. The molecule has 0 unspecified atom stereocenters. The van der Waals surface area contributed by atoms with E-state index in [2.05, 4.69) is 4.98 Å². The van der Waals surface area contributed by atoms with Crippen molar-refractivity contribution in [2.24, 2.45) is 0 Å². The Kier molecular flexibility index (Phi) is 8.44. The van der Waals surface area contributed by atoms with E-state index in [4.69, 9.17) is 21.3 Å². The van der Waals surface area contributed by atoms with Crippen LogP contribution in [-0.2, 0) is 22.5 Å². The van der Waals surface area contributed by atoms with Crippen LogP contribution < -0.4 is 0 Å². The first-order valence-electron chi connectivity index (χ1n) is 10.4. The van der Waals surface area contributed by atoms with Gasteiger partial charge < -0.3 is 14.0 Å². The van der Waals surface area contributed by atoms with Gasteiger partial charge in [-0.2, -0.15) is 0 Å². The van der Waals surface area contributed by atoms with E-state index in [9.17, 15) is 4.79 Å². The molecule has 4 aromatic rings. The molecule has 0 saturated heterocycles. The van der Waals surface area contributed by atoms with E-state index in [1.54, 1.807) is 24.4 Å². The Morgan fingerprint density at radius 3 is 2.67 bits per heavy atom. The molecule has 1 aromatic carbocycles. The summed E-state index contributed by atoms with van der Waals surface area (Å²) in [6, 6.07) is 15.4. The first kappa shape index (κ1) is 24.7. The van der Waals surface area contributed by atoms with Gasteiger partial charge in [0, 0.05) is 49.4 Å². The Bertz CT molecular complexity index is 1210. The number of rotatable bonds is 8. The number of benzene rings is 1. The normalized spacial score (nSPS) is 10.8. The molecule has 8 heteroatoms. The lowest BCUT2D eigenvalue weighted by atomic mass is 10.1. The molecule has 172 valence electrons. The lowest BCUT2D eigenvalue weighted by Crippen LogP contribution is -2.35. The summed E-state index contributed by atoms with van der Waals surface area (Å²) in [5, 5.41) is 0.660. The average molecular weight is 485 g/mol. The number of amides is 1. The third-order valence-electron chi connectivity index (χ3n) is 5.33. The number of nitrogens with zero attached hydrogens (tertiary/aromatic N) is 4. The summed E-state index contributed by atoms with van der Waals surface area (Å²) in [6.45, 7) is 3.46. The van der Waals surface area contributed by atoms with Gasteiger partial charge in [0.15, 0.2) is 0 Å².